The molecule has 1 aliphatic rings. The van der Waals surface area contributed by atoms with Crippen molar-refractivity contribution in [1.29, 1.82) is 0 Å². The Kier molecular flexibility index (Phi) is 2.02. The molecule has 1 saturated heterocycles. The van der Waals surface area contributed by atoms with Crippen molar-refractivity contribution in [3.63, 3.8) is 0 Å². The first-order valence-electron chi connectivity index (χ1n) is 3.88. The Hall–Kier alpha value is -0.640. The number of halogens is 2. The Morgan fingerprint density at radius 2 is 2.15 bits per heavy atom. The summed E-state index contributed by atoms with van der Waals surface area (Å²) in [5, 5.41) is 9.79. The van der Waals surface area contributed by atoms with Gasteiger partial charge in [-0.05, 0) is 6.07 Å². The van der Waals surface area contributed by atoms with E-state index < -0.39 is 11.4 Å². The van der Waals surface area contributed by atoms with Crippen molar-refractivity contribution < 1.29 is 14.2 Å². The van der Waals surface area contributed by atoms with Crippen molar-refractivity contribution in [2.45, 2.75) is 5.60 Å². The fourth-order valence-electron chi connectivity index (χ4n) is 1.31. The van der Waals surface area contributed by atoms with Crippen LogP contribution < -0.4 is 0 Å². The molecule has 1 aromatic carbocycles. The predicted octanol–water partition coefficient (Wildman–Crippen LogP) is 1.70. The molecule has 0 spiro atoms. The second-order valence-electron chi connectivity index (χ2n) is 3.13. The molecule has 0 aromatic heterocycles. The summed E-state index contributed by atoms with van der Waals surface area (Å²) in [7, 11) is 0. The molecular formula is C9H8ClFO2. The van der Waals surface area contributed by atoms with E-state index in [2.05, 4.69) is 0 Å². The molecule has 70 valence electrons. The number of benzene rings is 1. The van der Waals surface area contributed by atoms with E-state index in [4.69, 9.17) is 16.3 Å². The third-order valence-corrected chi connectivity index (χ3v) is 2.52. The van der Waals surface area contributed by atoms with E-state index in [0.29, 0.717) is 5.56 Å². The van der Waals surface area contributed by atoms with Crippen molar-refractivity contribution in [3.8, 4) is 0 Å². The van der Waals surface area contributed by atoms with Crippen LogP contribution in [0, 0.1) is 5.82 Å². The molecule has 2 nitrogen and oxygen atoms in total. The van der Waals surface area contributed by atoms with Crippen LogP contribution in [-0.2, 0) is 10.3 Å². The van der Waals surface area contributed by atoms with Crippen LogP contribution in [0.25, 0.3) is 0 Å². The predicted molar refractivity (Wildman–Crippen MR) is 46.1 cm³/mol. The number of aliphatic hydroxyl groups is 1. The average Bonchev–Trinajstić information content (AvgIpc) is 2.06. The normalized spacial score (nSPS) is 19.6. The van der Waals surface area contributed by atoms with E-state index in [-0.39, 0.29) is 18.2 Å². The maximum absolute atomic E-state index is 13.0. The van der Waals surface area contributed by atoms with Crippen molar-refractivity contribution in [3.05, 3.63) is 34.6 Å². The summed E-state index contributed by atoms with van der Waals surface area (Å²) >= 11 is 5.70. The molecule has 0 atom stereocenters. The third kappa shape index (κ3) is 1.33. The largest absolute Gasteiger partial charge is 0.380 e. The fourth-order valence-corrected chi connectivity index (χ4v) is 1.62. The van der Waals surface area contributed by atoms with Gasteiger partial charge in [0.2, 0.25) is 0 Å². The minimum atomic E-state index is -1.10. The second kappa shape index (κ2) is 2.94. The van der Waals surface area contributed by atoms with E-state index in [1.807, 2.05) is 0 Å². The highest BCUT2D eigenvalue weighted by atomic mass is 35.5. The van der Waals surface area contributed by atoms with Crippen LogP contribution >= 0.6 is 11.6 Å². The zero-order valence-electron chi connectivity index (χ0n) is 6.76. The Morgan fingerprint density at radius 3 is 2.69 bits per heavy atom. The lowest BCUT2D eigenvalue weighted by Crippen LogP contribution is -2.46. The first-order chi connectivity index (χ1) is 6.13. The highest BCUT2D eigenvalue weighted by Gasteiger charge is 2.40. The molecule has 1 N–H and O–H groups in total. The van der Waals surface area contributed by atoms with E-state index >= 15 is 0 Å². The summed E-state index contributed by atoms with van der Waals surface area (Å²) in [6, 6.07) is 4.38. The maximum Gasteiger partial charge on any atom is 0.142 e. The molecule has 0 radical (unpaired) electrons. The van der Waals surface area contributed by atoms with Gasteiger partial charge in [0.25, 0.3) is 0 Å². The van der Waals surface area contributed by atoms with Crippen LogP contribution in [-0.4, -0.2) is 18.3 Å². The monoisotopic (exact) mass is 202 g/mol. The number of rotatable bonds is 1. The van der Waals surface area contributed by atoms with Gasteiger partial charge < -0.3 is 9.84 Å². The molecule has 13 heavy (non-hydrogen) atoms. The lowest BCUT2D eigenvalue weighted by molar-refractivity contribution is -0.184. The molecule has 1 fully saturated rings. The third-order valence-electron chi connectivity index (χ3n) is 2.13. The van der Waals surface area contributed by atoms with Gasteiger partial charge >= 0.3 is 0 Å². The summed E-state index contributed by atoms with van der Waals surface area (Å²) in [5.41, 5.74) is -0.695. The number of ether oxygens (including phenoxy) is 1. The van der Waals surface area contributed by atoms with E-state index in [1.54, 1.807) is 6.07 Å². The fraction of sp³-hybridized carbons (Fsp3) is 0.333. The van der Waals surface area contributed by atoms with Crippen LogP contribution in [0.5, 0.6) is 0 Å². The molecule has 2 rings (SSSR count). The second-order valence-corrected chi connectivity index (χ2v) is 3.50. The lowest BCUT2D eigenvalue weighted by Gasteiger charge is -2.37. The van der Waals surface area contributed by atoms with Gasteiger partial charge in [-0.2, -0.15) is 0 Å². The average molecular weight is 203 g/mol. The first kappa shape index (κ1) is 8.94. The lowest BCUT2D eigenvalue weighted by atomic mass is 9.92. The summed E-state index contributed by atoms with van der Waals surface area (Å²) in [5.74, 6) is -0.514. The Labute approximate surface area is 79.9 Å². The van der Waals surface area contributed by atoms with Crippen molar-refractivity contribution in [2.75, 3.05) is 13.2 Å². The van der Waals surface area contributed by atoms with Gasteiger partial charge in [0.1, 0.15) is 11.4 Å². The van der Waals surface area contributed by atoms with Crippen LogP contribution in [0.3, 0.4) is 0 Å². The van der Waals surface area contributed by atoms with Crippen LogP contribution in [0.2, 0.25) is 5.02 Å². The molecule has 0 aliphatic carbocycles. The molecule has 4 heteroatoms. The minimum absolute atomic E-state index is 0.0201. The Balaban J connectivity index is 2.45. The van der Waals surface area contributed by atoms with Gasteiger partial charge in [-0.15, -0.1) is 0 Å². The minimum Gasteiger partial charge on any atom is -0.380 e. The zero-order chi connectivity index (χ0) is 9.47. The van der Waals surface area contributed by atoms with Gasteiger partial charge in [0, 0.05) is 5.56 Å². The molecule has 0 saturated carbocycles. The Bertz CT molecular complexity index is 336. The molecule has 0 unspecified atom stereocenters. The van der Waals surface area contributed by atoms with Crippen molar-refractivity contribution >= 4 is 11.6 Å². The SMILES string of the molecule is OC1(c2cccc(F)c2Cl)COC1. The molecule has 1 heterocycles. The van der Waals surface area contributed by atoms with Crippen molar-refractivity contribution in [2.24, 2.45) is 0 Å². The van der Waals surface area contributed by atoms with Gasteiger partial charge in [0.05, 0.1) is 18.2 Å². The quantitative estimate of drug-likeness (QED) is 0.751. The number of hydrogen-bond donors (Lipinski definition) is 1. The molecule has 0 bridgehead atoms. The van der Waals surface area contributed by atoms with E-state index in [0.717, 1.165) is 0 Å². The van der Waals surface area contributed by atoms with Gasteiger partial charge in [-0.25, -0.2) is 4.39 Å². The van der Waals surface area contributed by atoms with Crippen LogP contribution in [0.1, 0.15) is 5.56 Å². The van der Waals surface area contributed by atoms with Crippen molar-refractivity contribution in [1.82, 2.24) is 0 Å². The highest BCUT2D eigenvalue weighted by molar-refractivity contribution is 6.31. The molecule has 1 aromatic rings. The highest BCUT2D eigenvalue weighted by Crippen LogP contribution is 2.35. The number of hydrogen-bond acceptors (Lipinski definition) is 2. The summed E-state index contributed by atoms with van der Waals surface area (Å²) in [4.78, 5) is 0. The zero-order valence-corrected chi connectivity index (χ0v) is 7.51. The summed E-state index contributed by atoms with van der Waals surface area (Å²) in [6.45, 7) is 0.354. The van der Waals surface area contributed by atoms with Gasteiger partial charge in [0.15, 0.2) is 0 Å². The standard InChI is InChI=1S/C9H8ClFO2/c10-8-6(2-1-3-7(8)11)9(12)4-13-5-9/h1-3,12H,4-5H2. The molecule has 1 aliphatic heterocycles. The van der Waals surface area contributed by atoms with E-state index in [1.165, 1.54) is 12.1 Å². The smallest absolute Gasteiger partial charge is 0.142 e. The van der Waals surface area contributed by atoms with Gasteiger partial charge in [-0.1, -0.05) is 23.7 Å². The van der Waals surface area contributed by atoms with E-state index in [9.17, 15) is 9.50 Å². The van der Waals surface area contributed by atoms with Crippen LogP contribution in [0.4, 0.5) is 4.39 Å². The molecular weight excluding hydrogens is 195 g/mol. The van der Waals surface area contributed by atoms with Crippen LogP contribution in [0.15, 0.2) is 18.2 Å². The summed E-state index contributed by atoms with van der Waals surface area (Å²) < 4.78 is 17.8. The Morgan fingerprint density at radius 1 is 1.46 bits per heavy atom. The maximum atomic E-state index is 13.0. The van der Waals surface area contributed by atoms with Gasteiger partial charge in [-0.3, -0.25) is 0 Å². The molecule has 0 amide bonds. The summed E-state index contributed by atoms with van der Waals surface area (Å²) in [6.07, 6.45) is 0. The first-order valence-corrected chi connectivity index (χ1v) is 4.26. The topological polar surface area (TPSA) is 29.5 Å².